The number of rotatable bonds is 20. The summed E-state index contributed by atoms with van der Waals surface area (Å²) in [7, 11) is 0. The Kier molecular flexibility index (Phi) is 12.7. The monoisotopic (exact) mass is 671 g/mol. The minimum absolute atomic E-state index is 0.0324. The normalized spacial score (nSPS) is 23.9. The van der Waals surface area contributed by atoms with E-state index >= 15 is 0 Å². The van der Waals surface area contributed by atoms with Crippen molar-refractivity contribution >= 4 is 35.5 Å². The Morgan fingerprint density at radius 2 is 1.58 bits per heavy atom. The number of urea groups is 1. The molecule has 0 radical (unpaired) electrons. The highest BCUT2D eigenvalue weighted by molar-refractivity contribution is 6.37. The summed E-state index contributed by atoms with van der Waals surface area (Å²) in [5, 5.41) is 8.12. The zero-order valence-electron chi connectivity index (χ0n) is 29.5. The van der Waals surface area contributed by atoms with Gasteiger partial charge in [-0.15, -0.1) is 0 Å². The lowest BCUT2D eigenvalue weighted by atomic mass is 9.94. The Bertz CT molecular complexity index is 1250. The van der Waals surface area contributed by atoms with Crippen molar-refractivity contribution in [3.63, 3.8) is 0 Å². The number of nitrogens with one attached hydrogen (secondary N) is 3. The Labute approximate surface area is 285 Å². The van der Waals surface area contributed by atoms with E-state index in [4.69, 9.17) is 10.5 Å². The van der Waals surface area contributed by atoms with E-state index in [1.165, 1.54) is 30.2 Å². The van der Waals surface area contributed by atoms with Gasteiger partial charge in [-0.05, 0) is 61.2 Å². The number of hydrogen-bond donors (Lipinski definition) is 4. The van der Waals surface area contributed by atoms with Gasteiger partial charge < -0.3 is 31.3 Å². The highest BCUT2D eigenvalue weighted by Gasteiger charge is 2.69. The van der Waals surface area contributed by atoms with Crippen LogP contribution in [0.2, 0.25) is 0 Å². The maximum absolute atomic E-state index is 13.9. The van der Waals surface area contributed by atoms with Gasteiger partial charge in [-0.25, -0.2) is 9.59 Å². The number of fused-ring (bicyclic) bond motifs is 1. The van der Waals surface area contributed by atoms with Crippen molar-refractivity contribution in [3.05, 3.63) is 11.8 Å². The number of carbonyl (C=O) groups is 6. The lowest BCUT2D eigenvalue weighted by Gasteiger charge is -2.32. The van der Waals surface area contributed by atoms with E-state index in [1.807, 2.05) is 27.7 Å². The van der Waals surface area contributed by atoms with Crippen LogP contribution >= 0.6 is 0 Å². The summed E-state index contributed by atoms with van der Waals surface area (Å²) in [4.78, 5) is 80.0. The number of Topliss-reactive ketones (excluding diaryl/α,β-unsaturated/α-hetero) is 1. The van der Waals surface area contributed by atoms with Gasteiger partial charge in [0.25, 0.3) is 11.8 Å². The summed E-state index contributed by atoms with van der Waals surface area (Å²) in [6, 6.07) is -3.55. The van der Waals surface area contributed by atoms with Crippen LogP contribution in [-0.4, -0.2) is 71.7 Å². The first kappa shape index (κ1) is 37.4. The van der Waals surface area contributed by atoms with Crippen LogP contribution in [0, 0.1) is 35.0 Å². The van der Waals surface area contributed by atoms with Gasteiger partial charge in [0.2, 0.25) is 11.7 Å². The smallest absolute Gasteiger partial charge is 0.328 e. The first-order valence-electron chi connectivity index (χ1n) is 18.2. The second kappa shape index (κ2) is 16.3. The number of esters is 1. The average molecular weight is 672 g/mol. The molecule has 3 aliphatic carbocycles. The standard InChI is InChI=1S/C36H57N5O7/c1-6-23(7-2)28(34(46)48-20-22-17-18-22)40-35(47)39-25(8-3)33(45)41-19-24-27(36(24,4)5)29(41)32(44)38-26(30(42)31(37)43)14-12-10-9-11-13-21-15-16-21/h8,21-24,26-29H,6-7,9-20H2,1-5H3,(H2,37,43)(H,38,44)(H2,39,40,47)/b25-8+/t24-,26?,27-,28-,29-/m0/s1. The molecular weight excluding hydrogens is 614 g/mol. The molecule has 0 aromatic rings. The highest BCUT2D eigenvalue weighted by atomic mass is 16.5. The molecule has 3 saturated carbocycles. The molecule has 5 amide bonds. The minimum Gasteiger partial charge on any atom is -0.464 e. The SMILES string of the molecule is C/C=C(/NC(=O)N[C@H](C(=O)OCC1CC1)C(CC)CC)C(=O)N1C[C@H]2[C@@H]([C@H]1C(=O)NC(CCCCCCC1CC1)C(=O)C(N)=O)C2(C)C. The number of nitrogens with zero attached hydrogens (tertiary/aromatic N) is 1. The second-order valence-corrected chi connectivity index (χ2v) is 15.0. The Balaban J connectivity index is 1.40. The molecular formula is C36H57N5O7. The highest BCUT2D eigenvalue weighted by Crippen LogP contribution is 2.65. The van der Waals surface area contributed by atoms with Crippen LogP contribution in [0.25, 0.3) is 0 Å². The molecule has 0 aromatic carbocycles. The first-order chi connectivity index (χ1) is 22.8. The van der Waals surface area contributed by atoms with Gasteiger partial charge in [0.05, 0.1) is 12.6 Å². The predicted molar refractivity (Wildman–Crippen MR) is 180 cm³/mol. The van der Waals surface area contributed by atoms with E-state index in [1.54, 1.807) is 6.92 Å². The molecule has 0 bridgehead atoms. The van der Waals surface area contributed by atoms with E-state index < -0.39 is 53.6 Å². The van der Waals surface area contributed by atoms with E-state index in [9.17, 15) is 28.8 Å². The molecule has 268 valence electrons. The number of likely N-dealkylation sites (tertiary alicyclic amines) is 1. The molecule has 0 aromatic heterocycles. The van der Waals surface area contributed by atoms with Crippen molar-refractivity contribution in [1.29, 1.82) is 0 Å². The summed E-state index contributed by atoms with van der Waals surface area (Å²) in [6.07, 6.45) is 12.7. The van der Waals surface area contributed by atoms with Crippen molar-refractivity contribution in [2.75, 3.05) is 13.2 Å². The van der Waals surface area contributed by atoms with Crippen molar-refractivity contribution < 1.29 is 33.5 Å². The molecule has 4 rings (SSSR count). The third-order valence-corrected chi connectivity index (χ3v) is 11.2. The number of unbranched alkanes of at least 4 members (excludes halogenated alkanes) is 3. The molecule has 12 heteroatoms. The van der Waals surface area contributed by atoms with Crippen LogP contribution in [0.15, 0.2) is 11.8 Å². The van der Waals surface area contributed by atoms with E-state index in [2.05, 4.69) is 16.0 Å². The summed E-state index contributed by atoms with van der Waals surface area (Å²) in [6.45, 7) is 10.2. The van der Waals surface area contributed by atoms with Gasteiger partial charge in [0.15, 0.2) is 0 Å². The van der Waals surface area contributed by atoms with Gasteiger partial charge in [-0.3, -0.25) is 19.2 Å². The summed E-state index contributed by atoms with van der Waals surface area (Å²) in [5.41, 5.74) is 5.12. The average Bonchev–Trinajstić information content (AvgIpc) is 4.01. The summed E-state index contributed by atoms with van der Waals surface area (Å²) < 4.78 is 5.50. The molecule has 12 nitrogen and oxygen atoms in total. The fraction of sp³-hybridized carbons (Fsp3) is 0.778. The van der Waals surface area contributed by atoms with Crippen LogP contribution < -0.4 is 21.7 Å². The zero-order chi connectivity index (χ0) is 35.2. The zero-order valence-corrected chi connectivity index (χ0v) is 29.5. The van der Waals surface area contributed by atoms with Gasteiger partial charge in [0.1, 0.15) is 17.8 Å². The van der Waals surface area contributed by atoms with Crippen LogP contribution in [0.4, 0.5) is 4.79 Å². The summed E-state index contributed by atoms with van der Waals surface area (Å²) >= 11 is 0. The third kappa shape index (κ3) is 9.37. The van der Waals surface area contributed by atoms with Gasteiger partial charge in [-0.2, -0.15) is 0 Å². The maximum Gasteiger partial charge on any atom is 0.328 e. The number of piperidine rings is 1. The Morgan fingerprint density at radius 1 is 0.938 bits per heavy atom. The van der Waals surface area contributed by atoms with Crippen LogP contribution in [0.3, 0.4) is 0 Å². The number of amides is 5. The molecule has 1 unspecified atom stereocenters. The van der Waals surface area contributed by atoms with E-state index in [0.717, 1.165) is 38.0 Å². The molecule has 1 saturated heterocycles. The summed E-state index contributed by atoms with van der Waals surface area (Å²) in [5.74, 6) is -2.50. The number of carbonyl (C=O) groups excluding carboxylic acids is 6. The van der Waals surface area contributed by atoms with Gasteiger partial charge >= 0.3 is 12.0 Å². The number of primary amides is 1. The maximum atomic E-state index is 13.9. The number of hydrogen-bond acceptors (Lipinski definition) is 7. The van der Waals surface area contributed by atoms with Crippen molar-refractivity contribution in [3.8, 4) is 0 Å². The fourth-order valence-electron chi connectivity index (χ4n) is 7.44. The van der Waals surface area contributed by atoms with Crippen LogP contribution in [0.5, 0.6) is 0 Å². The first-order valence-corrected chi connectivity index (χ1v) is 18.2. The van der Waals surface area contributed by atoms with Gasteiger partial charge in [-0.1, -0.05) is 91.6 Å². The Morgan fingerprint density at radius 3 is 2.17 bits per heavy atom. The Hall–Kier alpha value is -3.44. The topological polar surface area (TPSA) is 177 Å². The van der Waals surface area contributed by atoms with E-state index in [-0.39, 0.29) is 35.3 Å². The molecule has 48 heavy (non-hydrogen) atoms. The molecule has 1 heterocycles. The molecule has 5 atom stereocenters. The molecule has 4 aliphatic rings. The number of allylic oxidation sites excluding steroid dienone is 1. The molecule has 4 fully saturated rings. The van der Waals surface area contributed by atoms with Crippen molar-refractivity contribution in [2.24, 2.45) is 40.7 Å². The molecule has 5 N–H and O–H groups in total. The third-order valence-electron chi connectivity index (χ3n) is 11.2. The van der Waals surface area contributed by atoms with Gasteiger partial charge in [0, 0.05) is 6.54 Å². The predicted octanol–water partition coefficient (Wildman–Crippen LogP) is 3.72. The van der Waals surface area contributed by atoms with Crippen molar-refractivity contribution in [2.45, 2.75) is 130 Å². The minimum atomic E-state index is -1.10. The lowest BCUT2D eigenvalue weighted by molar-refractivity contribution is -0.148. The lowest BCUT2D eigenvalue weighted by Crippen LogP contribution is -2.56. The van der Waals surface area contributed by atoms with E-state index in [0.29, 0.717) is 38.3 Å². The number of ketones is 1. The molecule has 1 aliphatic heterocycles. The van der Waals surface area contributed by atoms with Crippen molar-refractivity contribution in [1.82, 2.24) is 20.9 Å². The number of nitrogens with two attached hydrogens (primary N) is 1. The van der Waals surface area contributed by atoms with Crippen LogP contribution in [-0.2, 0) is 28.7 Å². The molecule has 0 spiro atoms. The van der Waals surface area contributed by atoms with Crippen LogP contribution in [0.1, 0.15) is 112 Å². The fourth-order valence-corrected chi connectivity index (χ4v) is 7.44. The largest absolute Gasteiger partial charge is 0.464 e. The quantitative estimate of drug-likeness (QED) is 0.0660. The second-order valence-electron chi connectivity index (χ2n) is 15.0. The number of ether oxygens (including phenoxy) is 1.